The van der Waals surface area contributed by atoms with Gasteiger partial charge in [-0.05, 0) is 29.8 Å². The molecule has 0 radical (unpaired) electrons. The number of ether oxygens (including phenoxy) is 1. The number of fused-ring (bicyclic) bond motifs is 1. The average molecular weight is 284 g/mol. The van der Waals surface area contributed by atoms with Crippen LogP contribution in [0.4, 0.5) is 5.69 Å². The van der Waals surface area contributed by atoms with Gasteiger partial charge in [0.15, 0.2) is 0 Å². The van der Waals surface area contributed by atoms with Crippen LogP contribution in [0.5, 0.6) is 0 Å². The van der Waals surface area contributed by atoms with E-state index < -0.39 is 0 Å². The van der Waals surface area contributed by atoms with Crippen LogP contribution in [0, 0.1) is 0 Å². The number of thiazole rings is 1. The molecule has 0 spiro atoms. The summed E-state index contributed by atoms with van der Waals surface area (Å²) in [6, 6.07) is 16.5. The molecular formula is C16H16N2OS. The number of nitrogens with one attached hydrogen (secondary N) is 1. The number of rotatable bonds is 5. The molecule has 0 aliphatic carbocycles. The number of nitrogens with zero attached hydrogens (tertiary/aromatic N) is 1. The topological polar surface area (TPSA) is 34.1 Å². The number of hydrogen-bond acceptors (Lipinski definition) is 4. The van der Waals surface area contributed by atoms with Crippen LogP contribution in [-0.4, -0.2) is 12.1 Å². The third-order valence-electron chi connectivity index (χ3n) is 3.02. The summed E-state index contributed by atoms with van der Waals surface area (Å²) in [5.74, 6) is 0. The number of methoxy groups -OCH3 is 1. The molecule has 0 amide bonds. The van der Waals surface area contributed by atoms with Crippen molar-refractivity contribution in [2.45, 2.75) is 13.2 Å². The van der Waals surface area contributed by atoms with Gasteiger partial charge in [-0.25, -0.2) is 4.98 Å². The maximum atomic E-state index is 5.15. The van der Waals surface area contributed by atoms with Crippen LogP contribution in [0.3, 0.4) is 0 Å². The summed E-state index contributed by atoms with van der Waals surface area (Å²) in [6.45, 7) is 1.38. The van der Waals surface area contributed by atoms with E-state index >= 15 is 0 Å². The van der Waals surface area contributed by atoms with E-state index in [0.29, 0.717) is 6.61 Å². The molecule has 0 atom stereocenters. The molecule has 0 saturated heterocycles. The molecule has 1 N–H and O–H groups in total. The zero-order chi connectivity index (χ0) is 13.8. The first-order chi connectivity index (χ1) is 9.85. The molecule has 0 aliphatic heterocycles. The van der Waals surface area contributed by atoms with Gasteiger partial charge in [0.05, 0.1) is 23.4 Å². The first kappa shape index (κ1) is 13.1. The van der Waals surface area contributed by atoms with Gasteiger partial charge in [0, 0.05) is 12.8 Å². The predicted molar refractivity (Wildman–Crippen MR) is 84.1 cm³/mol. The molecule has 0 aliphatic rings. The van der Waals surface area contributed by atoms with Crippen LogP contribution < -0.4 is 5.32 Å². The summed E-state index contributed by atoms with van der Waals surface area (Å²) >= 11 is 1.73. The van der Waals surface area contributed by atoms with Crippen molar-refractivity contribution in [3.05, 3.63) is 59.1 Å². The highest BCUT2D eigenvalue weighted by Gasteiger charge is 2.03. The Morgan fingerprint density at radius 2 is 2.05 bits per heavy atom. The van der Waals surface area contributed by atoms with Crippen LogP contribution in [0.25, 0.3) is 10.2 Å². The Morgan fingerprint density at radius 3 is 2.90 bits per heavy atom. The van der Waals surface area contributed by atoms with Gasteiger partial charge in [-0.15, -0.1) is 11.3 Å². The zero-order valence-corrected chi connectivity index (χ0v) is 12.1. The molecule has 0 saturated carbocycles. The molecule has 20 heavy (non-hydrogen) atoms. The van der Waals surface area contributed by atoms with Crippen molar-refractivity contribution >= 4 is 27.2 Å². The molecule has 1 heterocycles. The van der Waals surface area contributed by atoms with Gasteiger partial charge in [-0.1, -0.05) is 24.3 Å². The number of para-hydroxylation sites is 1. The fourth-order valence-electron chi connectivity index (χ4n) is 2.11. The summed E-state index contributed by atoms with van der Waals surface area (Å²) in [7, 11) is 1.71. The lowest BCUT2D eigenvalue weighted by atomic mass is 10.2. The van der Waals surface area contributed by atoms with Crippen LogP contribution in [0.2, 0.25) is 0 Å². The highest BCUT2D eigenvalue weighted by Crippen LogP contribution is 2.22. The summed E-state index contributed by atoms with van der Waals surface area (Å²) in [5.41, 5.74) is 3.34. The standard InChI is InChI=1S/C16H16N2OS/c1-19-11-12-5-4-6-13(9-12)17-10-16-18-14-7-2-3-8-15(14)20-16/h2-9,17H,10-11H2,1H3. The van der Waals surface area contributed by atoms with Gasteiger partial charge < -0.3 is 10.1 Å². The highest BCUT2D eigenvalue weighted by molar-refractivity contribution is 7.18. The van der Waals surface area contributed by atoms with E-state index in [2.05, 4.69) is 40.6 Å². The summed E-state index contributed by atoms with van der Waals surface area (Å²) < 4.78 is 6.38. The van der Waals surface area contributed by atoms with Crippen molar-refractivity contribution in [3.8, 4) is 0 Å². The van der Waals surface area contributed by atoms with Gasteiger partial charge in [-0.3, -0.25) is 0 Å². The van der Waals surface area contributed by atoms with E-state index in [1.54, 1.807) is 18.4 Å². The second-order valence-electron chi connectivity index (χ2n) is 4.56. The lowest BCUT2D eigenvalue weighted by Crippen LogP contribution is -1.99. The van der Waals surface area contributed by atoms with Crippen molar-refractivity contribution in [2.24, 2.45) is 0 Å². The van der Waals surface area contributed by atoms with Gasteiger partial charge in [-0.2, -0.15) is 0 Å². The molecule has 0 unspecified atom stereocenters. The second kappa shape index (κ2) is 6.03. The lowest BCUT2D eigenvalue weighted by Gasteiger charge is -2.06. The van der Waals surface area contributed by atoms with Crippen molar-refractivity contribution < 1.29 is 4.74 Å². The number of anilines is 1. The molecule has 2 aromatic carbocycles. The fourth-order valence-corrected chi connectivity index (χ4v) is 3.02. The maximum Gasteiger partial charge on any atom is 0.113 e. The first-order valence-corrected chi connectivity index (χ1v) is 7.33. The second-order valence-corrected chi connectivity index (χ2v) is 5.68. The van der Waals surface area contributed by atoms with E-state index in [4.69, 9.17) is 4.74 Å². The Bertz CT molecular complexity index is 675. The van der Waals surface area contributed by atoms with Gasteiger partial charge in [0.2, 0.25) is 0 Å². The third-order valence-corrected chi connectivity index (χ3v) is 4.06. The number of hydrogen-bond donors (Lipinski definition) is 1. The van der Waals surface area contributed by atoms with Crippen molar-refractivity contribution in [1.82, 2.24) is 4.98 Å². The van der Waals surface area contributed by atoms with Crippen LogP contribution >= 0.6 is 11.3 Å². The number of aromatic nitrogens is 1. The van der Waals surface area contributed by atoms with Gasteiger partial charge in [0.1, 0.15) is 5.01 Å². The number of benzene rings is 2. The smallest absolute Gasteiger partial charge is 0.113 e. The molecule has 3 rings (SSSR count). The molecular weight excluding hydrogens is 268 g/mol. The van der Waals surface area contributed by atoms with E-state index in [0.717, 1.165) is 22.8 Å². The quantitative estimate of drug-likeness (QED) is 0.767. The van der Waals surface area contributed by atoms with Gasteiger partial charge >= 0.3 is 0 Å². The summed E-state index contributed by atoms with van der Waals surface area (Å²) in [6.07, 6.45) is 0. The molecule has 4 heteroatoms. The van der Waals surface area contributed by atoms with Crippen LogP contribution in [-0.2, 0) is 17.9 Å². The minimum absolute atomic E-state index is 0.636. The largest absolute Gasteiger partial charge is 0.380 e. The summed E-state index contributed by atoms with van der Waals surface area (Å²) in [5, 5.41) is 4.51. The molecule has 1 aromatic heterocycles. The molecule has 3 aromatic rings. The Labute approximate surface area is 122 Å². The highest BCUT2D eigenvalue weighted by atomic mass is 32.1. The monoisotopic (exact) mass is 284 g/mol. The normalized spacial score (nSPS) is 10.8. The van der Waals surface area contributed by atoms with Crippen LogP contribution in [0.15, 0.2) is 48.5 Å². The predicted octanol–water partition coefficient (Wildman–Crippen LogP) is 4.05. The fraction of sp³-hybridized carbons (Fsp3) is 0.188. The van der Waals surface area contributed by atoms with E-state index in [1.165, 1.54) is 10.3 Å². The molecule has 0 bridgehead atoms. The Hall–Kier alpha value is -1.91. The minimum atomic E-state index is 0.636. The molecule has 0 fully saturated rings. The minimum Gasteiger partial charge on any atom is -0.380 e. The van der Waals surface area contributed by atoms with E-state index in [1.807, 2.05) is 18.2 Å². The molecule has 102 valence electrons. The van der Waals surface area contributed by atoms with Crippen molar-refractivity contribution in [2.75, 3.05) is 12.4 Å². The van der Waals surface area contributed by atoms with E-state index in [9.17, 15) is 0 Å². The summed E-state index contributed by atoms with van der Waals surface area (Å²) in [4.78, 5) is 4.62. The maximum absolute atomic E-state index is 5.15. The van der Waals surface area contributed by atoms with Crippen molar-refractivity contribution in [3.63, 3.8) is 0 Å². The van der Waals surface area contributed by atoms with E-state index in [-0.39, 0.29) is 0 Å². The van der Waals surface area contributed by atoms with Gasteiger partial charge in [0.25, 0.3) is 0 Å². The van der Waals surface area contributed by atoms with Crippen molar-refractivity contribution in [1.29, 1.82) is 0 Å². The van der Waals surface area contributed by atoms with Crippen LogP contribution in [0.1, 0.15) is 10.6 Å². The Kier molecular flexibility index (Phi) is 3.95. The SMILES string of the molecule is COCc1cccc(NCc2nc3ccccc3s2)c1. The third kappa shape index (κ3) is 2.98. The molecule has 3 nitrogen and oxygen atoms in total. The average Bonchev–Trinajstić information content (AvgIpc) is 2.89. The Morgan fingerprint density at radius 1 is 1.15 bits per heavy atom. The zero-order valence-electron chi connectivity index (χ0n) is 11.3. The Balaban J connectivity index is 1.71. The first-order valence-electron chi connectivity index (χ1n) is 6.51. The lowest BCUT2D eigenvalue weighted by molar-refractivity contribution is 0.185.